The Labute approximate surface area is 214 Å². The van der Waals surface area contributed by atoms with Gasteiger partial charge in [0.2, 0.25) is 0 Å². The third-order valence-corrected chi connectivity index (χ3v) is 7.07. The van der Waals surface area contributed by atoms with Crippen LogP contribution >= 0.6 is 22.6 Å². The molecular weight excluding hydrogens is 537 g/mol. The van der Waals surface area contributed by atoms with Crippen molar-refractivity contribution < 1.29 is 4.74 Å². The molecule has 4 aromatic rings. The molecule has 0 amide bonds. The topological polar surface area (TPSA) is 64.9 Å². The van der Waals surface area contributed by atoms with Crippen molar-refractivity contribution >= 4 is 22.6 Å². The predicted octanol–water partition coefficient (Wildman–Crippen LogP) is 6.20. The van der Waals surface area contributed by atoms with Gasteiger partial charge in [0.05, 0.1) is 23.4 Å². The highest BCUT2D eigenvalue weighted by Gasteiger charge is 2.23. The van der Waals surface area contributed by atoms with E-state index in [-0.39, 0.29) is 0 Å². The average molecular weight is 565 g/mol. The minimum Gasteiger partial charge on any atom is -0.424 e. The smallest absolute Gasteiger partial charge is 0.322 e. The van der Waals surface area contributed by atoms with Crippen LogP contribution in [0.3, 0.4) is 0 Å². The molecular formula is C27H28IN5O. The summed E-state index contributed by atoms with van der Waals surface area (Å²) in [7, 11) is 0. The predicted molar refractivity (Wildman–Crippen MR) is 143 cm³/mol. The third kappa shape index (κ3) is 4.86. The number of ether oxygens (including phenoxy) is 1. The maximum absolute atomic E-state index is 6.17. The maximum atomic E-state index is 6.17. The summed E-state index contributed by atoms with van der Waals surface area (Å²) in [6.07, 6.45) is 6.82. The zero-order valence-electron chi connectivity index (χ0n) is 19.5. The van der Waals surface area contributed by atoms with Gasteiger partial charge in [0, 0.05) is 21.4 Å². The monoisotopic (exact) mass is 565 g/mol. The number of benzene rings is 2. The first-order valence-corrected chi connectivity index (χ1v) is 12.8. The van der Waals surface area contributed by atoms with Crippen LogP contribution in [0.1, 0.15) is 36.9 Å². The number of nitrogens with zero attached hydrogens (tertiary/aromatic N) is 4. The van der Waals surface area contributed by atoms with Crippen molar-refractivity contribution in [3.05, 3.63) is 75.8 Å². The Morgan fingerprint density at radius 2 is 1.85 bits per heavy atom. The molecule has 0 aliphatic carbocycles. The van der Waals surface area contributed by atoms with Crippen LogP contribution in [-0.2, 0) is 6.42 Å². The fraction of sp³-hybridized carbons (Fsp3) is 0.296. The van der Waals surface area contributed by atoms with Gasteiger partial charge >= 0.3 is 6.01 Å². The van der Waals surface area contributed by atoms with Crippen LogP contribution in [0, 0.1) is 10.5 Å². The van der Waals surface area contributed by atoms with E-state index in [9.17, 15) is 0 Å². The van der Waals surface area contributed by atoms with Crippen LogP contribution in [0.15, 0.2) is 61.1 Å². The minimum absolute atomic E-state index is 0.348. The molecule has 5 rings (SSSR count). The lowest BCUT2D eigenvalue weighted by atomic mass is 10.0. The molecule has 3 heterocycles. The lowest BCUT2D eigenvalue weighted by molar-refractivity contribution is 0.370. The molecule has 6 nitrogen and oxygen atoms in total. The molecule has 174 valence electrons. The summed E-state index contributed by atoms with van der Waals surface area (Å²) in [5.74, 6) is 0.793. The van der Waals surface area contributed by atoms with Gasteiger partial charge in [0.15, 0.2) is 0 Å². The van der Waals surface area contributed by atoms with E-state index in [0.29, 0.717) is 12.1 Å². The molecule has 1 N–H and O–H groups in total. The molecule has 1 fully saturated rings. The molecule has 2 aromatic heterocycles. The summed E-state index contributed by atoms with van der Waals surface area (Å²) in [4.78, 5) is 14.1. The van der Waals surface area contributed by atoms with E-state index in [1.807, 2.05) is 19.3 Å². The largest absolute Gasteiger partial charge is 0.424 e. The summed E-state index contributed by atoms with van der Waals surface area (Å²) in [6, 6.07) is 17.4. The molecule has 0 bridgehead atoms. The number of imidazole rings is 1. The Morgan fingerprint density at radius 1 is 1.06 bits per heavy atom. The molecule has 1 aliphatic rings. The quantitative estimate of drug-likeness (QED) is 0.282. The van der Waals surface area contributed by atoms with Crippen LogP contribution in [-0.4, -0.2) is 32.6 Å². The molecule has 2 aromatic carbocycles. The lowest BCUT2D eigenvalue weighted by Gasteiger charge is -2.25. The second-order valence-corrected chi connectivity index (χ2v) is 9.86. The third-order valence-electron chi connectivity index (χ3n) is 6.35. The Morgan fingerprint density at radius 3 is 2.62 bits per heavy atom. The van der Waals surface area contributed by atoms with Gasteiger partial charge in [-0.05, 0) is 97.3 Å². The molecule has 1 saturated heterocycles. The fourth-order valence-corrected chi connectivity index (χ4v) is 4.75. The van der Waals surface area contributed by atoms with Crippen molar-refractivity contribution in [3.63, 3.8) is 0 Å². The van der Waals surface area contributed by atoms with Crippen molar-refractivity contribution in [2.75, 3.05) is 13.1 Å². The van der Waals surface area contributed by atoms with Crippen molar-refractivity contribution in [1.29, 1.82) is 0 Å². The molecule has 7 heteroatoms. The normalized spacial score (nSPS) is 14.3. The van der Waals surface area contributed by atoms with Gasteiger partial charge in [0.25, 0.3) is 0 Å². The molecule has 0 atom stereocenters. The van der Waals surface area contributed by atoms with E-state index in [0.717, 1.165) is 66.3 Å². The van der Waals surface area contributed by atoms with E-state index in [1.54, 1.807) is 6.20 Å². The van der Waals surface area contributed by atoms with Gasteiger partial charge in [-0.25, -0.2) is 9.97 Å². The van der Waals surface area contributed by atoms with Gasteiger partial charge in [0.1, 0.15) is 5.75 Å². The van der Waals surface area contributed by atoms with Gasteiger partial charge < -0.3 is 14.6 Å². The number of piperidine rings is 1. The van der Waals surface area contributed by atoms with Crippen molar-refractivity contribution in [2.24, 2.45) is 0 Å². The number of aryl methyl sites for hydroxylation is 2. The van der Waals surface area contributed by atoms with Crippen molar-refractivity contribution in [1.82, 2.24) is 24.8 Å². The second kappa shape index (κ2) is 10.2. The van der Waals surface area contributed by atoms with Gasteiger partial charge in [-0.1, -0.05) is 31.2 Å². The lowest BCUT2D eigenvalue weighted by Crippen LogP contribution is -2.29. The Hall–Kier alpha value is -2.78. The highest BCUT2D eigenvalue weighted by atomic mass is 127. The average Bonchev–Trinajstić information content (AvgIpc) is 3.32. The van der Waals surface area contributed by atoms with E-state index < -0.39 is 0 Å². The maximum Gasteiger partial charge on any atom is 0.322 e. The highest BCUT2D eigenvalue weighted by molar-refractivity contribution is 14.1. The molecule has 0 radical (unpaired) electrons. The molecule has 0 unspecified atom stereocenters. The summed E-state index contributed by atoms with van der Waals surface area (Å²) >= 11 is 2.33. The standard InChI is InChI=1S/C27H28IN5O/c1-3-19-5-4-18(2)24(16-19)34-27-30-15-12-23(32-27)26-25(20-6-8-21(28)9-7-20)31-17-33(26)22-10-13-29-14-11-22/h4-9,12,15-17,22,29H,3,10-11,13-14H2,1-2H3. The fourth-order valence-electron chi connectivity index (χ4n) is 4.39. The molecule has 0 spiro atoms. The second-order valence-electron chi connectivity index (χ2n) is 8.62. The highest BCUT2D eigenvalue weighted by Crippen LogP contribution is 2.35. The van der Waals surface area contributed by atoms with E-state index >= 15 is 0 Å². The summed E-state index contributed by atoms with van der Waals surface area (Å²) < 4.78 is 9.67. The Kier molecular flexibility index (Phi) is 6.92. The molecule has 0 saturated carbocycles. The van der Waals surface area contributed by atoms with Crippen molar-refractivity contribution in [2.45, 2.75) is 39.2 Å². The first-order valence-electron chi connectivity index (χ1n) is 11.8. The number of hydrogen-bond acceptors (Lipinski definition) is 5. The Balaban J connectivity index is 1.57. The molecule has 1 aliphatic heterocycles. The van der Waals surface area contributed by atoms with Gasteiger partial charge in [-0.2, -0.15) is 4.98 Å². The minimum atomic E-state index is 0.348. The number of rotatable bonds is 6. The van der Waals surface area contributed by atoms with Crippen LogP contribution in [0.2, 0.25) is 0 Å². The van der Waals surface area contributed by atoms with Crippen LogP contribution in [0.5, 0.6) is 11.8 Å². The zero-order chi connectivity index (χ0) is 23.5. The van der Waals surface area contributed by atoms with E-state index in [2.05, 4.69) is 86.8 Å². The SMILES string of the molecule is CCc1ccc(C)c(Oc2nccc(-c3c(-c4ccc(I)cc4)ncn3C3CCNCC3)n2)c1. The number of hydrogen-bond donors (Lipinski definition) is 1. The van der Waals surface area contributed by atoms with Gasteiger partial charge in [-0.3, -0.25) is 0 Å². The zero-order valence-corrected chi connectivity index (χ0v) is 21.6. The van der Waals surface area contributed by atoms with Crippen molar-refractivity contribution in [3.8, 4) is 34.4 Å². The molecule has 34 heavy (non-hydrogen) atoms. The van der Waals surface area contributed by atoms with Crippen LogP contribution in [0.25, 0.3) is 22.6 Å². The number of aromatic nitrogens is 4. The summed E-state index contributed by atoms with van der Waals surface area (Å²) in [5.41, 5.74) is 6.13. The number of halogens is 1. The first-order chi connectivity index (χ1) is 16.6. The summed E-state index contributed by atoms with van der Waals surface area (Å²) in [5, 5.41) is 3.46. The summed E-state index contributed by atoms with van der Waals surface area (Å²) in [6.45, 7) is 6.19. The van der Waals surface area contributed by atoms with Crippen LogP contribution < -0.4 is 10.1 Å². The Bertz CT molecular complexity index is 1280. The van der Waals surface area contributed by atoms with E-state index in [1.165, 1.54) is 9.13 Å². The first kappa shape index (κ1) is 23.0. The van der Waals surface area contributed by atoms with Crippen LogP contribution in [0.4, 0.5) is 0 Å². The van der Waals surface area contributed by atoms with Gasteiger partial charge in [-0.15, -0.1) is 0 Å². The number of nitrogens with one attached hydrogen (secondary N) is 1. The van der Waals surface area contributed by atoms with E-state index in [4.69, 9.17) is 14.7 Å².